The molecule has 5 heteroatoms. The number of ether oxygens (including phenoxy) is 1. The maximum atomic E-state index is 12.5. The van der Waals surface area contributed by atoms with Crippen LogP contribution in [0.2, 0.25) is 0 Å². The number of amides is 1. The zero-order valence-electron chi connectivity index (χ0n) is 16.1. The van der Waals surface area contributed by atoms with Crippen molar-refractivity contribution < 1.29 is 19.1 Å². The van der Waals surface area contributed by atoms with Crippen LogP contribution in [0.5, 0.6) is 5.75 Å². The fraction of sp³-hybridized carbons (Fsp3) is 0.0800. The molecule has 148 valence electrons. The first-order valence-electron chi connectivity index (χ1n) is 9.55. The van der Waals surface area contributed by atoms with Crippen molar-refractivity contribution in [2.75, 3.05) is 6.61 Å². The van der Waals surface area contributed by atoms with E-state index in [0.29, 0.717) is 29.0 Å². The quantitative estimate of drug-likeness (QED) is 0.507. The van der Waals surface area contributed by atoms with Crippen LogP contribution in [-0.4, -0.2) is 24.1 Å². The molecule has 5 nitrogen and oxygen atoms in total. The van der Waals surface area contributed by atoms with Gasteiger partial charge in [-0.25, -0.2) is 0 Å². The third-order valence-corrected chi connectivity index (χ3v) is 4.78. The maximum absolute atomic E-state index is 12.5. The summed E-state index contributed by atoms with van der Waals surface area (Å²) in [5, 5.41) is 2.80. The highest BCUT2D eigenvalue weighted by molar-refractivity contribution is 6.41. The number of hydrogen-bond donors (Lipinski definition) is 1. The number of carbonyl (C=O) groups excluding carboxylic acids is 3. The Morgan fingerprint density at radius 1 is 0.833 bits per heavy atom. The number of carbonyl (C=O) groups is 3. The van der Waals surface area contributed by atoms with Crippen molar-refractivity contribution in [3.8, 4) is 5.75 Å². The molecular weight excluding hydrogens is 378 g/mol. The Morgan fingerprint density at radius 2 is 1.50 bits per heavy atom. The monoisotopic (exact) mass is 397 g/mol. The van der Waals surface area contributed by atoms with E-state index in [1.165, 1.54) is 0 Å². The molecule has 1 aliphatic carbocycles. The zero-order valence-corrected chi connectivity index (χ0v) is 16.1. The molecule has 0 fully saturated rings. The lowest BCUT2D eigenvalue weighted by Crippen LogP contribution is -2.28. The molecule has 1 N–H and O–H groups in total. The van der Waals surface area contributed by atoms with Crippen molar-refractivity contribution in [3.05, 3.63) is 107 Å². The topological polar surface area (TPSA) is 72.5 Å². The molecule has 1 amide bonds. The number of fused-ring (bicyclic) bond motifs is 1. The second kappa shape index (κ2) is 8.57. The van der Waals surface area contributed by atoms with Gasteiger partial charge in [-0.15, -0.1) is 0 Å². The number of benzene rings is 3. The molecule has 4 rings (SSSR count). The highest BCUT2D eigenvalue weighted by Gasteiger charge is 2.32. The predicted molar refractivity (Wildman–Crippen MR) is 113 cm³/mol. The average molecular weight is 397 g/mol. The van der Waals surface area contributed by atoms with Crippen LogP contribution in [0.15, 0.2) is 84.4 Å². The minimum Gasteiger partial charge on any atom is -0.484 e. The molecule has 0 saturated heterocycles. The van der Waals surface area contributed by atoms with Crippen LogP contribution in [-0.2, 0) is 11.3 Å². The highest BCUT2D eigenvalue weighted by atomic mass is 16.5. The first-order chi connectivity index (χ1) is 14.6. The molecule has 0 aliphatic heterocycles. The van der Waals surface area contributed by atoms with Gasteiger partial charge < -0.3 is 10.1 Å². The van der Waals surface area contributed by atoms with Crippen LogP contribution in [0, 0.1) is 0 Å². The molecule has 0 atom stereocenters. The minimum absolute atomic E-state index is 0.129. The van der Waals surface area contributed by atoms with Gasteiger partial charge in [0.05, 0.1) is 5.57 Å². The van der Waals surface area contributed by atoms with Gasteiger partial charge in [-0.05, 0) is 29.3 Å². The van der Waals surface area contributed by atoms with Gasteiger partial charge in [0.2, 0.25) is 0 Å². The number of nitrogens with one attached hydrogen (secondary N) is 1. The van der Waals surface area contributed by atoms with Crippen molar-refractivity contribution >= 4 is 23.5 Å². The van der Waals surface area contributed by atoms with E-state index in [1.807, 2.05) is 30.3 Å². The average Bonchev–Trinajstić information content (AvgIpc) is 3.02. The van der Waals surface area contributed by atoms with E-state index in [9.17, 15) is 14.4 Å². The number of allylic oxidation sites excluding steroid dienone is 1. The Kier molecular flexibility index (Phi) is 5.52. The van der Waals surface area contributed by atoms with Gasteiger partial charge in [0.1, 0.15) is 5.75 Å². The largest absolute Gasteiger partial charge is 0.484 e. The second-order valence-corrected chi connectivity index (χ2v) is 6.89. The molecule has 0 bridgehead atoms. The number of Topliss-reactive ketones (excluding diaryl/α,β-unsaturated/α-hetero) is 2. The molecule has 0 spiro atoms. The summed E-state index contributed by atoms with van der Waals surface area (Å²) in [5.41, 5.74) is 2.65. The minimum atomic E-state index is -0.276. The first kappa shape index (κ1) is 19.3. The fourth-order valence-electron chi connectivity index (χ4n) is 3.26. The predicted octanol–water partition coefficient (Wildman–Crippen LogP) is 3.84. The summed E-state index contributed by atoms with van der Waals surface area (Å²) < 4.78 is 5.57. The summed E-state index contributed by atoms with van der Waals surface area (Å²) in [5.74, 6) is -0.307. The van der Waals surface area contributed by atoms with Gasteiger partial charge >= 0.3 is 0 Å². The van der Waals surface area contributed by atoms with Crippen LogP contribution in [0.4, 0.5) is 0 Å². The van der Waals surface area contributed by atoms with Gasteiger partial charge in [-0.2, -0.15) is 0 Å². The Balaban J connectivity index is 1.40. The highest BCUT2D eigenvalue weighted by Crippen LogP contribution is 2.28. The smallest absolute Gasteiger partial charge is 0.258 e. The summed E-state index contributed by atoms with van der Waals surface area (Å²) in [4.78, 5) is 37.1. The molecule has 30 heavy (non-hydrogen) atoms. The fourth-order valence-corrected chi connectivity index (χ4v) is 3.26. The Bertz CT molecular complexity index is 1110. The second-order valence-electron chi connectivity index (χ2n) is 6.89. The third kappa shape index (κ3) is 4.20. The molecular formula is C25H19NO4. The molecule has 1 aliphatic rings. The molecule has 0 aromatic heterocycles. The lowest BCUT2D eigenvalue weighted by molar-refractivity contribution is -0.123. The van der Waals surface area contributed by atoms with Crippen molar-refractivity contribution in [3.63, 3.8) is 0 Å². The van der Waals surface area contributed by atoms with Gasteiger partial charge in [0.15, 0.2) is 18.2 Å². The van der Waals surface area contributed by atoms with E-state index < -0.39 is 0 Å². The molecule has 0 saturated carbocycles. The number of hydrogen-bond acceptors (Lipinski definition) is 4. The summed E-state index contributed by atoms with van der Waals surface area (Å²) in [6.45, 7) is 0.302. The van der Waals surface area contributed by atoms with Crippen LogP contribution in [0.1, 0.15) is 31.8 Å². The molecule has 0 unspecified atom stereocenters. The van der Waals surface area contributed by atoms with Crippen molar-refractivity contribution in [2.45, 2.75) is 6.54 Å². The number of rotatable bonds is 6. The van der Waals surface area contributed by atoms with Gasteiger partial charge in [0, 0.05) is 17.7 Å². The standard InChI is InChI=1S/C25H19NO4/c27-23(26-15-17-7-2-1-3-8-17)16-30-19-10-6-9-18(13-19)14-22-24(28)20-11-4-5-12-21(20)25(22)29/h1-14H,15-16H2,(H,26,27). The normalized spacial score (nSPS) is 12.5. The summed E-state index contributed by atoms with van der Waals surface area (Å²) >= 11 is 0. The lowest BCUT2D eigenvalue weighted by atomic mass is 10.1. The van der Waals surface area contributed by atoms with Crippen molar-refractivity contribution in [1.82, 2.24) is 5.32 Å². The molecule has 0 heterocycles. The third-order valence-electron chi connectivity index (χ3n) is 4.78. The number of ketones is 2. The van der Waals surface area contributed by atoms with Gasteiger partial charge in [-0.3, -0.25) is 14.4 Å². The van der Waals surface area contributed by atoms with Gasteiger partial charge in [-0.1, -0.05) is 66.7 Å². The molecule has 3 aromatic rings. The summed E-state index contributed by atoms with van der Waals surface area (Å²) in [6, 6.07) is 23.3. The van der Waals surface area contributed by atoms with E-state index in [-0.39, 0.29) is 29.7 Å². The Morgan fingerprint density at radius 3 is 2.20 bits per heavy atom. The van der Waals surface area contributed by atoms with E-state index >= 15 is 0 Å². The Hall–Kier alpha value is -3.99. The van der Waals surface area contributed by atoms with Crippen LogP contribution < -0.4 is 10.1 Å². The van der Waals surface area contributed by atoms with Crippen LogP contribution in [0.25, 0.3) is 6.08 Å². The lowest BCUT2D eigenvalue weighted by Gasteiger charge is -2.08. The first-order valence-corrected chi connectivity index (χ1v) is 9.55. The molecule has 3 aromatic carbocycles. The van der Waals surface area contributed by atoms with E-state index in [1.54, 1.807) is 54.6 Å². The van der Waals surface area contributed by atoms with E-state index in [0.717, 1.165) is 5.56 Å². The maximum Gasteiger partial charge on any atom is 0.258 e. The SMILES string of the molecule is O=C(COc1cccc(C=C2C(=O)c3ccccc3C2=O)c1)NCc1ccccc1. The zero-order chi connectivity index (χ0) is 20.9. The van der Waals surface area contributed by atoms with Crippen LogP contribution in [0.3, 0.4) is 0 Å². The van der Waals surface area contributed by atoms with Crippen LogP contribution >= 0.6 is 0 Å². The van der Waals surface area contributed by atoms with Gasteiger partial charge in [0.25, 0.3) is 5.91 Å². The van der Waals surface area contributed by atoms with E-state index in [2.05, 4.69) is 5.32 Å². The van der Waals surface area contributed by atoms with Crippen molar-refractivity contribution in [2.24, 2.45) is 0 Å². The Labute approximate surface area is 174 Å². The summed E-state index contributed by atoms with van der Waals surface area (Å²) in [7, 11) is 0. The molecule has 0 radical (unpaired) electrons. The van der Waals surface area contributed by atoms with Crippen molar-refractivity contribution in [1.29, 1.82) is 0 Å². The summed E-state index contributed by atoms with van der Waals surface area (Å²) in [6.07, 6.45) is 1.56. The van der Waals surface area contributed by atoms with E-state index in [4.69, 9.17) is 4.74 Å².